The summed E-state index contributed by atoms with van der Waals surface area (Å²) in [6.07, 6.45) is 4.98. The van der Waals surface area contributed by atoms with Crippen LogP contribution < -0.4 is 26.1 Å². The van der Waals surface area contributed by atoms with Crippen LogP contribution >= 0.6 is 0 Å². The Morgan fingerprint density at radius 2 is 1.31 bits per heavy atom. The zero-order chi connectivity index (χ0) is 51.1. The molecule has 1 aliphatic heterocycles. The average Bonchev–Trinajstić information content (AvgIpc) is 3.80. The van der Waals surface area contributed by atoms with Crippen LogP contribution in [0.5, 0.6) is 0 Å². The van der Waals surface area contributed by atoms with Gasteiger partial charge < -0.3 is 40.8 Å². The number of rotatable bonds is 22. The van der Waals surface area contributed by atoms with Crippen LogP contribution in [0.1, 0.15) is 46.0 Å². The number of pyridine rings is 1. The molecule has 2 aromatic carbocycles. The summed E-state index contributed by atoms with van der Waals surface area (Å²) in [5.41, 5.74) is 2.27. The third-order valence-electron chi connectivity index (χ3n) is 11.7. The molecule has 383 valence electrons. The number of aromatic nitrogens is 3. The number of nitrogens with one attached hydrogen (secondary N) is 5. The molecule has 23 nitrogen and oxygen atoms in total. The molecule has 1 unspecified atom stereocenters. The van der Waals surface area contributed by atoms with Gasteiger partial charge in [0.05, 0.1) is 42.6 Å². The summed E-state index contributed by atoms with van der Waals surface area (Å²) in [5.74, 6) is -4.41. The molecular weight excluding hydrogens is 1020 g/mol. The van der Waals surface area contributed by atoms with E-state index in [2.05, 4.69) is 30.6 Å². The van der Waals surface area contributed by atoms with Crippen LogP contribution in [0.25, 0.3) is 10.9 Å². The van der Waals surface area contributed by atoms with E-state index in [0.29, 0.717) is 35.6 Å². The van der Waals surface area contributed by atoms with E-state index in [9.17, 15) is 57.3 Å². The number of aliphatic carboxylic acids is 3. The number of carbonyl (C=O) groups excluding carboxylic acids is 3. The minimum absolute atomic E-state index is 0. The molecule has 1 saturated heterocycles. The van der Waals surface area contributed by atoms with Crippen molar-refractivity contribution in [2.24, 2.45) is 0 Å². The van der Waals surface area contributed by atoms with Gasteiger partial charge in [0.25, 0.3) is 5.91 Å². The number of aryl methyl sites for hydroxylation is 4. The van der Waals surface area contributed by atoms with Crippen LogP contribution in [0.4, 0.5) is 5.95 Å². The second-order valence-electron chi connectivity index (χ2n) is 17.4. The Morgan fingerprint density at radius 1 is 0.775 bits per heavy atom. The Bertz CT molecular complexity index is 2650. The molecule has 5 rings (SSSR count). The van der Waals surface area contributed by atoms with Gasteiger partial charge in [0, 0.05) is 135 Å². The van der Waals surface area contributed by atoms with Crippen LogP contribution in [0.3, 0.4) is 0 Å². The monoisotopic (exact) mass is 1080 g/mol. The number of carbonyl (C=O) groups is 6. The minimum atomic E-state index is -4.21. The zero-order valence-corrected chi connectivity index (χ0v) is 44.1. The Kier molecular flexibility index (Phi) is 22.4. The van der Waals surface area contributed by atoms with Gasteiger partial charge in [-0.1, -0.05) is 23.8 Å². The Labute approximate surface area is 436 Å². The number of nitrogens with zero attached hydrogens (tertiary/aromatic N) is 6. The van der Waals surface area contributed by atoms with E-state index in [0.717, 1.165) is 11.1 Å². The number of fused-ring (bicyclic) bond motifs is 1. The fourth-order valence-electron chi connectivity index (χ4n) is 8.36. The Morgan fingerprint density at radius 3 is 1.80 bits per heavy atom. The summed E-state index contributed by atoms with van der Waals surface area (Å²) >= 11 is 0. The van der Waals surface area contributed by atoms with Crippen molar-refractivity contribution < 1.29 is 85.2 Å². The Hall–Kier alpha value is -5.47. The summed E-state index contributed by atoms with van der Waals surface area (Å²) in [6, 6.07) is 7.21. The smallest absolute Gasteiger partial charge is 0.317 e. The largest absolute Gasteiger partial charge is 0.480 e. The SMILES string of the molecule is CC(=O)C(CNC(=O)c1cn(CCCNC(=O)CN2CCN(CC(=O)O)CCN(CC(=O)O)CCN(CC(=O)O)CC2)c2cc(CNc3ncc[nH]3)ccc2c1=O)NS(=O)(=O)c1c(C)cc(C)cc1C.[Y]. The number of benzene rings is 2. The van der Waals surface area contributed by atoms with Gasteiger partial charge in [0.15, 0.2) is 5.95 Å². The molecule has 2 amide bonds. The van der Waals surface area contributed by atoms with Crippen molar-refractivity contribution in [1.82, 2.24) is 49.5 Å². The molecule has 0 saturated carbocycles. The molecule has 71 heavy (non-hydrogen) atoms. The van der Waals surface area contributed by atoms with Gasteiger partial charge in [-0.25, -0.2) is 13.4 Å². The minimum Gasteiger partial charge on any atom is -0.480 e. The third-order valence-corrected chi connectivity index (χ3v) is 13.5. The number of ketones is 1. The number of imidazole rings is 1. The molecule has 8 N–H and O–H groups in total. The van der Waals surface area contributed by atoms with Gasteiger partial charge in [-0.3, -0.25) is 53.2 Å². The first-order chi connectivity index (χ1) is 33.2. The van der Waals surface area contributed by atoms with Gasteiger partial charge in [0.2, 0.25) is 21.4 Å². The first-order valence-corrected chi connectivity index (χ1v) is 24.3. The predicted molar refractivity (Wildman–Crippen MR) is 258 cm³/mol. The van der Waals surface area contributed by atoms with Gasteiger partial charge in [-0.05, 0) is 62.9 Å². The number of carboxylic acids is 3. The van der Waals surface area contributed by atoms with E-state index in [1.165, 1.54) is 13.1 Å². The Balaban J connectivity index is 0.0000110. The van der Waals surface area contributed by atoms with E-state index >= 15 is 0 Å². The first-order valence-electron chi connectivity index (χ1n) is 22.8. The molecular formula is C46H63N11O12SY. The van der Waals surface area contributed by atoms with Crippen LogP contribution in [0.15, 0.2) is 58.6 Å². The van der Waals surface area contributed by atoms with Gasteiger partial charge in [0.1, 0.15) is 11.3 Å². The third kappa shape index (κ3) is 18.0. The molecule has 1 fully saturated rings. The number of sulfonamides is 1. The van der Waals surface area contributed by atoms with E-state index in [4.69, 9.17) is 0 Å². The molecule has 0 bridgehead atoms. The van der Waals surface area contributed by atoms with Crippen molar-refractivity contribution in [1.29, 1.82) is 0 Å². The number of Topliss-reactive ketones (excluding diaryl/α,β-unsaturated/α-hetero) is 1. The molecule has 4 aromatic rings. The molecule has 1 atom stereocenters. The topological polar surface area (TPSA) is 309 Å². The summed E-state index contributed by atoms with van der Waals surface area (Å²) in [7, 11) is -4.21. The summed E-state index contributed by atoms with van der Waals surface area (Å²) in [5, 5.41) is 37.4. The zero-order valence-electron chi connectivity index (χ0n) is 40.4. The molecule has 0 spiro atoms. The van der Waals surface area contributed by atoms with Gasteiger partial charge >= 0.3 is 17.9 Å². The number of H-pyrrole nitrogens is 1. The van der Waals surface area contributed by atoms with E-state index in [1.54, 1.807) is 80.7 Å². The van der Waals surface area contributed by atoms with Crippen LogP contribution in [0.2, 0.25) is 0 Å². The van der Waals surface area contributed by atoms with Crippen LogP contribution in [-0.4, -0.2) is 191 Å². The number of amides is 2. The van der Waals surface area contributed by atoms with E-state index in [1.807, 2.05) is 6.92 Å². The van der Waals surface area contributed by atoms with Crippen LogP contribution in [0, 0.1) is 20.8 Å². The number of aromatic amines is 1. The first kappa shape index (κ1) is 58.1. The summed E-state index contributed by atoms with van der Waals surface area (Å²) in [4.78, 5) is 103. The van der Waals surface area contributed by atoms with Gasteiger partial charge in [-0.15, -0.1) is 0 Å². The molecule has 2 aromatic heterocycles. The molecule has 25 heteroatoms. The number of carboxylic acid groups (broad SMARTS) is 3. The van der Waals surface area contributed by atoms with Gasteiger partial charge in [-0.2, -0.15) is 4.72 Å². The quantitative estimate of drug-likeness (QED) is 0.0477. The van der Waals surface area contributed by atoms with Crippen molar-refractivity contribution in [2.75, 3.05) is 96.9 Å². The standard InChI is InChI=1S/C46H63N11O12S.Y/c1-30-20-31(2)44(32(3)21-30)70(68,69)52-37(33(4)58)24-50-45(67)36-25-57(38-22-34(6-7-35(38)43(36)66)23-51-46-48-9-10-49-46)11-5-8-47-39(59)26-53-12-14-54(27-40(60)61)16-18-56(29-42(64)65)19-17-55(15-13-53)28-41(62)63;/h6-7,9-10,20-22,25,37,52H,5,8,11-19,23-24,26-29H2,1-4H3,(H,47,59)(H,50,67)(H,60,61)(H,62,63)(H,64,65)(H2,48,49,51);. The molecule has 1 aliphatic rings. The maximum absolute atomic E-state index is 14.0. The molecule has 3 heterocycles. The van der Waals surface area contributed by atoms with E-state index in [-0.39, 0.29) is 146 Å². The normalized spacial score (nSPS) is 15.2. The predicted octanol–water partition coefficient (Wildman–Crippen LogP) is -0.0929. The van der Waals surface area contributed by atoms with Crippen molar-refractivity contribution in [3.8, 4) is 0 Å². The van der Waals surface area contributed by atoms with Crippen molar-refractivity contribution >= 4 is 62.4 Å². The van der Waals surface area contributed by atoms with E-state index < -0.39 is 57.6 Å². The van der Waals surface area contributed by atoms with Crippen molar-refractivity contribution in [3.05, 3.63) is 87.0 Å². The number of hydrogen-bond donors (Lipinski definition) is 8. The molecule has 0 aliphatic carbocycles. The maximum atomic E-state index is 14.0. The van der Waals surface area contributed by atoms with Crippen molar-refractivity contribution in [2.45, 2.75) is 58.1 Å². The van der Waals surface area contributed by atoms with Crippen LogP contribution in [-0.2, 0) is 79.8 Å². The number of anilines is 1. The van der Waals surface area contributed by atoms with Crippen molar-refractivity contribution in [3.63, 3.8) is 0 Å². The fraction of sp³-hybridized carbons (Fsp3) is 0.478. The second kappa shape index (κ2) is 27.4. The second-order valence-corrected chi connectivity index (χ2v) is 19.1. The maximum Gasteiger partial charge on any atom is 0.317 e. The fourth-order valence-corrected chi connectivity index (χ4v) is 10.1. The summed E-state index contributed by atoms with van der Waals surface area (Å²) in [6.45, 7) is 7.57. The summed E-state index contributed by atoms with van der Waals surface area (Å²) < 4.78 is 31.2. The number of hydrogen-bond acceptors (Lipinski definition) is 15. The average molecular weight is 1080 g/mol. The molecule has 1 radical (unpaired) electrons.